The Morgan fingerprint density at radius 3 is 3.00 bits per heavy atom. The van der Waals surface area contributed by atoms with Gasteiger partial charge >= 0.3 is 5.97 Å². The highest BCUT2D eigenvalue weighted by molar-refractivity contribution is 5.86. The number of hydrogen-bond acceptors (Lipinski definition) is 5. The molecule has 1 aromatic carbocycles. The van der Waals surface area contributed by atoms with Crippen molar-refractivity contribution < 1.29 is 24.2 Å². The maximum atomic E-state index is 12.4. The highest BCUT2D eigenvalue weighted by Gasteiger charge is 2.35. The van der Waals surface area contributed by atoms with Gasteiger partial charge in [-0.1, -0.05) is 6.07 Å². The van der Waals surface area contributed by atoms with E-state index in [0.717, 1.165) is 0 Å². The number of hydrogen-bond donors (Lipinski definition) is 1. The number of aliphatic carboxylic acids is 1. The second kappa shape index (κ2) is 6.91. The number of nitrogens with zero attached hydrogens (tertiary/aromatic N) is 2. The van der Waals surface area contributed by atoms with Crippen molar-refractivity contribution in [3.05, 3.63) is 29.8 Å². The Morgan fingerprint density at radius 2 is 2.32 bits per heavy atom. The molecule has 7 heteroatoms. The summed E-state index contributed by atoms with van der Waals surface area (Å²) in [6, 6.07) is 7.43. The predicted molar refractivity (Wildman–Crippen MR) is 75.2 cm³/mol. The third-order valence-corrected chi connectivity index (χ3v) is 3.32. The molecule has 0 spiro atoms. The van der Waals surface area contributed by atoms with Gasteiger partial charge in [0.2, 0.25) is 0 Å². The molecule has 7 nitrogen and oxygen atoms in total. The molecular weight excluding hydrogens is 288 g/mol. The number of carbonyl (C=O) groups is 2. The van der Waals surface area contributed by atoms with Crippen LogP contribution in [0.1, 0.15) is 12.5 Å². The molecule has 22 heavy (non-hydrogen) atoms. The Balaban J connectivity index is 2.07. The first-order chi connectivity index (χ1) is 10.5. The molecule has 1 N–H and O–H groups in total. The fraction of sp³-hybridized carbons (Fsp3) is 0.400. The van der Waals surface area contributed by atoms with Crippen LogP contribution in [-0.2, 0) is 14.3 Å². The van der Waals surface area contributed by atoms with Crippen LogP contribution in [0.25, 0.3) is 0 Å². The number of amides is 1. The smallest absolute Gasteiger partial charge is 0.328 e. The van der Waals surface area contributed by atoms with Gasteiger partial charge < -0.3 is 19.5 Å². The van der Waals surface area contributed by atoms with E-state index in [1.807, 2.05) is 6.07 Å². The topological polar surface area (TPSA) is 99.9 Å². The van der Waals surface area contributed by atoms with Crippen LogP contribution in [-0.4, -0.2) is 53.8 Å². The van der Waals surface area contributed by atoms with E-state index in [1.54, 1.807) is 25.1 Å². The number of nitriles is 1. The molecule has 1 saturated heterocycles. The molecule has 116 valence electrons. The highest BCUT2D eigenvalue weighted by Crippen LogP contribution is 2.17. The lowest BCUT2D eigenvalue weighted by molar-refractivity contribution is -0.161. The van der Waals surface area contributed by atoms with E-state index in [0.29, 0.717) is 17.9 Å². The standard InChI is InChI=1S/C15H16N2O5/c1-10(22-12-4-2-3-11(7-12)8-16)14(18)17-5-6-21-9-13(17)15(19)20/h2-4,7,10,13H,5-6,9H2,1H3,(H,19,20)/t10-,13+/m1/s1. The quantitative estimate of drug-likeness (QED) is 0.876. The van der Waals surface area contributed by atoms with Gasteiger partial charge in [-0.3, -0.25) is 4.79 Å². The summed E-state index contributed by atoms with van der Waals surface area (Å²) in [4.78, 5) is 24.8. The summed E-state index contributed by atoms with van der Waals surface area (Å²) < 4.78 is 10.6. The van der Waals surface area contributed by atoms with Crippen molar-refractivity contribution in [2.75, 3.05) is 19.8 Å². The van der Waals surface area contributed by atoms with Crippen molar-refractivity contribution in [2.24, 2.45) is 0 Å². The molecule has 2 atom stereocenters. The van der Waals surface area contributed by atoms with E-state index in [1.165, 1.54) is 11.0 Å². The van der Waals surface area contributed by atoms with Crippen LogP contribution in [0, 0.1) is 11.3 Å². The third kappa shape index (κ3) is 3.54. The molecule has 0 aromatic heterocycles. The van der Waals surface area contributed by atoms with Crippen molar-refractivity contribution in [2.45, 2.75) is 19.1 Å². The van der Waals surface area contributed by atoms with Gasteiger partial charge in [0.05, 0.1) is 24.8 Å². The van der Waals surface area contributed by atoms with Crippen LogP contribution < -0.4 is 4.74 Å². The molecule has 1 aliphatic rings. The molecule has 1 fully saturated rings. The molecule has 1 aromatic rings. The molecule has 0 aliphatic carbocycles. The Bertz CT molecular complexity index is 610. The largest absolute Gasteiger partial charge is 0.481 e. The summed E-state index contributed by atoms with van der Waals surface area (Å²) in [7, 11) is 0. The summed E-state index contributed by atoms with van der Waals surface area (Å²) in [6.45, 7) is 2.03. The van der Waals surface area contributed by atoms with Gasteiger partial charge in [0.15, 0.2) is 12.1 Å². The summed E-state index contributed by atoms with van der Waals surface area (Å²) in [5, 5.41) is 18.0. The van der Waals surface area contributed by atoms with Crippen LogP contribution in [0.3, 0.4) is 0 Å². The summed E-state index contributed by atoms with van der Waals surface area (Å²) >= 11 is 0. The average Bonchev–Trinajstić information content (AvgIpc) is 2.54. The van der Waals surface area contributed by atoms with E-state index < -0.39 is 24.0 Å². The van der Waals surface area contributed by atoms with Crippen molar-refractivity contribution >= 4 is 11.9 Å². The first-order valence-corrected chi connectivity index (χ1v) is 6.80. The number of benzene rings is 1. The first kappa shape index (κ1) is 15.8. The van der Waals surface area contributed by atoms with E-state index in [-0.39, 0.29) is 13.2 Å². The molecule has 2 rings (SSSR count). The lowest BCUT2D eigenvalue weighted by atomic mass is 10.2. The van der Waals surface area contributed by atoms with Crippen molar-refractivity contribution in [3.8, 4) is 11.8 Å². The van der Waals surface area contributed by atoms with Gasteiger partial charge in [0, 0.05) is 6.54 Å². The number of carbonyl (C=O) groups excluding carboxylic acids is 1. The average molecular weight is 304 g/mol. The fourth-order valence-corrected chi connectivity index (χ4v) is 2.20. The van der Waals surface area contributed by atoms with Gasteiger partial charge in [-0.15, -0.1) is 0 Å². The molecule has 1 aliphatic heterocycles. The Kier molecular flexibility index (Phi) is 4.96. The van der Waals surface area contributed by atoms with Gasteiger partial charge in [-0.2, -0.15) is 5.26 Å². The number of ether oxygens (including phenoxy) is 2. The lowest BCUT2D eigenvalue weighted by Crippen LogP contribution is -2.55. The minimum Gasteiger partial charge on any atom is -0.481 e. The summed E-state index contributed by atoms with van der Waals surface area (Å²) in [6.07, 6.45) is -0.853. The fourth-order valence-electron chi connectivity index (χ4n) is 2.20. The zero-order chi connectivity index (χ0) is 16.1. The monoisotopic (exact) mass is 304 g/mol. The van der Waals surface area contributed by atoms with Gasteiger partial charge in [0.25, 0.3) is 5.91 Å². The van der Waals surface area contributed by atoms with Crippen LogP contribution in [0.5, 0.6) is 5.75 Å². The second-order valence-corrected chi connectivity index (χ2v) is 4.86. The molecule has 1 amide bonds. The van der Waals surface area contributed by atoms with Crippen LogP contribution in [0.15, 0.2) is 24.3 Å². The SMILES string of the molecule is C[C@@H](Oc1cccc(C#N)c1)C(=O)N1CCOC[C@H]1C(=O)O. The van der Waals surface area contributed by atoms with Crippen molar-refractivity contribution in [1.82, 2.24) is 4.90 Å². The second-order valence-electron chi connectivity index (χ2n) is 4.86. The van der Waals surface area contributed by atoms with Gasteiger partial charge in [0.1, 0.15) is 5.75 Å². The Hall–Kier alpha value is -2.59. The van der Waals surface area contributed by atoms with Gasteiger partial charge in [-0.25, -0.2) is 4.79 Å². The Morgan fingerprint density at radius 1 is 1.55 bits per heavy atom. The molecule has 0 saturated carbocycles. The number of morpholine rings is 1. The maximum absolute atomic E-state index is 12.4. The summed E-state index contributed by atoms with van der Waals surface area (Å²) in [5.74, 6) is -1.13. The minimum absolute atomic E-state index is 0.0300. The van der Waals surface area contributed by atoms with Crippen LogP contribution in [0.4, 0.5) is 0 Å². The normalized spacial score (nSPS) is 19.1. The van der Waals surface area contributed by atoms with Crippen molar-refractivity contribution in [1.29, 1.82) is 5.26 Å². The van der Waals surface area contributed by atoms with Crippen LogP contribution in [0.2, 0.25) is 0 Å². The summed E-state index contributed by atoms with van der Waals surface area (Å²) in [5.41, 5.74) is 0.423. The molecule has 0 bridgehead atoms. The number of rotatable bonds is 4. The van der Waals surface area contributed by atoms with Crippen LogP contribution >= 0.6 is 0 Å². The zero-order valence-corrected chi connectivity index (χ0v) is 12.1. The highest BCUT2D eigenvalue weighted by atomic mass is 16.5. The molecule has 0 unspecified atom stereocenters. The van der Waals surface area contributed by atoms with E-state index in [2.05, 4.69) is 0 Å². The third-order valence-electron chi connectivity index (χ3n) is 3.32. The Labute approximate surface area is 127 Å². The number of carboxylic acid groups (broad SMARTS) is 1. The predicted octanol–water partition coefficient (Wildman–Crippen LogP) is 0.638. The first-order valence-electron chi connectivity index (χ1n) is 6.80. The number of carboxylic acids is 1. The minimum atomic E-state index is -1.10. The van der Waals surface area contributed by atoms with Crippen molar-refractivity contribution in [3.63, 3.8) is 0 Å². The molecule has 0 radical (unpaired) electrons. The molecular formula is C15H16N2O5. The van der Waals surface area contributed by atoms with E-state index in [9.17, 15) is 9.59 Å². The maximum Gasteiger partial charge on any atom is 0.328 e. The van der Waals surface area contributed by atoms with E-state index >= 15 is 0 Å². The lowest BCUT2D eigenvalue weighted by Gasteiger charge is -2.34. The zero-order valence-electron chi connectivity index (χ0n) is 12.1. The van der Waals surface area contributed by atoms with E-state index in [4.69, 9.17) is 19.8 Å². The molecule has 1 heterocycles. The van der Waals surface area contributed by atoms with Gasteiger partial charge in [-0.05, 0) is 25.1 Å².